The number of aliphatic hydroxyl groups excluding tert-OH is 1. The monoisotopic (exact) mass is 262 g/mol. The van der Waals surface area contributed by atoms with Crippen LogP contribution in [0.2, 0.25) is 0 Å². The normalized spacial score (nSPS) is 15.4. The molecule has 0 heterocycles. The number of esters is 1. The molecule has 3 nitrogen and oxygen atoms in total. The molecule has 0 aliphatic heterocycles. The Hall–Kier alpha value is -0.220. The highest BCUT2D eigenvalue weighted by Gasteiger charge is 2.37. The Morgan fingerprint density at radius 3 is 2.53 bits per heavy atom. The van der Waals surface area contributed by atoms with Crippen molar-refractivity contribution in [2.45, 2.75) is 58.3 Å². The van der Waals surface area contributed by atoms with Crippen LogP contribution in [0, 0.1) is 5.41 Å². The van der Waals surface area contributed by atoms with Crippen molar-refractivity contribution in [2.75, 3.05) is 12.9 Å². The lowest BCUT2D eigenvalue weighted by Gasteiger charge is -2.29. The van der Waals surface area contributed by atoms with E-state index in [4.69, 9.17) is 4.74 Å². The van der Waals surface area contributed by atoms with Gasteiger partial charge in [0, 0.05) is 5.25 Å². The molecule has 4 heteroatoms. The third-order valence-corrected chi connectivity index (χ3v) is 4.29. The van der Waals surface area contributed by atoms with Gasteiger partial charge in [-0.3, -0.25) is 4.79 Å². The van der Waals surface area contributed by atoms with E-state index in [0.717, 1.165) is 5.75 Å². The second-order valence-corrected chi connectivity index (χ2v) is 6.55. The van der Waals surface area contributed by atoms with Crippen LogP contribution < -0.4 is 0 Å². The van der Waals surface area contributed by atoms with Crippen LogP contribution in [0.4, 0.5) is 0 Å². The van der Waals surface area contributed by atoms with E-state index in [1.165, 1.54) is 20.0 Å². The summed E-state index contributed by atoms with van der Waals surface area (Å²) in [6, 6.07) is 0. The molecule has 0 spiro atoms. The highest BCUT2D eigenvalue weighted by Crippen LogP contribution is 2.28. The van der Waals surface area contributed by atoms with E-state index in [1.807, 2.05) is 11.8 Å². The van der Waals surface area contributed by atoms with Crippen LogP contribution in [0.3, 0.4) is 0 Å². The zero-order valence-electron chi connectivity index (χ0n) is 11.7. The first kappa shape index (κ1) is 16.8. The van der Waals surface area contributed by atoms with Crippen LogP contribution in [-0.2, 0) is 9.53 Å². The van der Waals surface area contributed by atoms with Crippen molar-refractivity contribution in [3.63, 3.8) is 0 Å². The Labute approximate surface area is 109 Å². The molecule has 0 saturated carbocycles. The average Bonchev–Trinajstić information content (AvgIpc) is 2.28. The summed E-state index contributed by atoms with van der Waals surface area (Å²) in [7, 11) is 1.36. The molecular weight excluding hydrogens is 236 g/mol. The summed E-state index contributed by atoms with van der Waals surface area (Å²) in [5.74, 6) is 0.763. The quantitative estimate of drug-likeness (QED) is 0.540. The largest absolute Gasteiger partial charge is 0.469 e. The predicted octanol–water partition coefficient (Wildman–Crippen LogP) is 2.86. The number of rotatable bonds is 8. The number of thioether (sulfide) groups is 1. The second kappa shape index (κ2) is 7.98. The molecule has 0 unspecified atom stereocenters. The van der Waals surface area contributed by atoms with Crippen LogP contribution >= 0.6 is 11.8 Å². The Balaban J connectivity index is 4.14. The summed E-state index contributed by atoms with van der Waals surface area (Å²) in [5.41, 5.74) is -0.825. The maximum absolute atomic E-state index is 11.5. The summed E-state index contributed by atoms with van der Waals surface area (Å²) in [6.07, 6.45) is 2.36. The minimum Gasteiger partial charge on any atom is -0.469 e. The van der Waals surface area contributed by atoms with Crippen molar-refractivity contribution < 1.29 is 14.6 Å². The highest BCUT2D eigenvalue weighted by molar-refractivity contribution is 7.99. The third-order valence-electron chi connectivity index (χ3n) is 3.00. The SMILES string of the molecule is CCCCS[C@H](C)C[C@@H](O)C(C)(C)C(=O)OC. The number of carbonyl (C=O) groups is 1. The molecule has 0 aliphatic carbocycles. The molecule has 0 aromatic carbocycles. The van der Waals surface area contributed by atoms with E-state index in [9.17, 15) is 9.90 Å². The van der Waals surface area contributed by atoms with Gasteiger partial charge in [-0.05, 0) is 32.4 Å². The smallest absolute Gasteiger partial charge is 0.313 e. The van der Waals surface area contributed by atoms with Crippen molar-refractivity contribution >= 4 is 17.7 Å². The zero-order valence-corrected chi connectivity index (χ0v) is 12.5. The zero-order chi connectivity index (χ0) is 13.5. The lowest BCUT2D eigenvalue weighted by molar-refractivity contribution is -0.157. The Bertz CT molecular complexity index is 229. The van der Waals surface area contributed by atoms with Crippen molar-refractivity contribution in [2.24, 2.45) is 5.41 Å². The fraction of sp³-hybridized carbons (Fsp3) is 0.923. The molecule has 0 rings (SSSR count). The van der Waals surface area contributed by atoms with Gasteiger partial charge in [0.05, 0.1) is 18.6 Å². The lowest BCUT2D eigenvalue weighted by atomic mass is 9.84. The van der Waals surface area contributed by atoms with E-state index < -0.39 is 11.5 Å². The Kier molecular flexibility index (Phi) is 7.88. The standard InChI is InChI=1S/C13H26O3S/c1-6-7-8-17-10(2)9-11(14)13(3,4)12(15)16-5/h10-11,14H,6-9H2,1-5H3/t10-,11-/m1/s1. The second-order valence-electron chi connectivity index (χ2n) is 5.00. The molecule has 0 saturated heterocycles. The van der Waals surface area contributed by atoms with Gasteiger partial charge in [-0.2, -0.15) is 11.8 Å². The molecule has 0 aromatic rings. The van der Waals surface area contributed by atoms with Gasteiger partial charge in [-0.25, -0.2) is 0 Å². The topological polar surface area (TPSA) is 46.5 Å². The first-order valence-electron chi connectivity index (χ1n) is 6.24. The predicted molar refractivity (Wildman–Crippen MR) is 73.2 cm³/mol. The van der Waals surface area contributed by atoms with Crippen molar-refractivity contribution in [1.82, 2.24) is 0 Å². The summed E-state index contributed by atoms with van der Waals surface area (Å²) in [4.78, 5) is 11.5. The molecule has 0 amide bonds. The van der Waals surface area contributed by atoms with Crippen molar-refractivity contribution in [3.8, 4) is 0 Å². The molecule has 0 radical (unpaired) electrons. The first-order chi connectivity index (χ1) is 7.86. The number of ether oxygens (including phenoxy) is 1. The van der Waals surface area contributed by atoms with Gasteiger partial charge in [0.15, 0.2) is 0 Å². The molecular formula is C13H26O3S. The average molecular weight is 262 g/mol. The molecule has 0 aliphatic rings. The molecule has 2 atom stereocenters. The number of hydrogen-bond acceptors (Lipinski definition) is 4. The lowest BCUT2D eigenvalue weighted by Crippen LogP contribution is -2.39. The van der Waals surface area contributed by atoms with E-state index in [2.05, 4.69) is 13.8 Å². The first-order valence-corrected chi connectivity index (χ1v) is 7.29. The van der Waals surface area contributed by atoms with Crippen LogP contribution in [0.1, 0.15) is 47.0 Å². The molecule has 0 aromatic heterocycles. The van der Waals surface area contributed by atoms with Gasteiger partial charge in [0.1, 0.15) is 0 Å². The number of hydrogen-bond donors (Lipinski definition) is 1. The van der Waals surface area contributed by atoms with Gasteiger partial charge in [0.2, 0.25) is 0 Å². The summed E-state index contributed by atoms with van der Waals surface area (Å²) in [6.45, 7) is 7.72. The number of aliphatic hydroxyl groups is 1. The van der Waals surface area contributed by atoms with Gasteiger partial charge in [0.25, 0.3) is 0 Å². The van der Waals surface area contributed by atoms with Gasteiger partial charge >= 0.3 is 5.97 Å². The van der Waals surface area contributed by atoms with E-state index >= 15 is 0 Å². The maximum Gasteiger partial charge on any atom is 0.313 e. The van der Waals surface area contributed by atoms with E-state index in [0.29, 0.717) is 11.7 Å². The summed E-state index contributed by atoms with van der Waals surface area (Å²) in [5, 5.41) is 10.5. The highest BCUT2D eigenvalue weighted by atomic mass is 32.2. The number of methoxy groups -OCH3 is 1. The molecule has 0 bridgehead atoms. The fourth-order valence-corrected chi connectivity index (χ4v) is 2.68. The molecule has 17 heavy (non-hydrogen) atoms. The maximum atomic E-state index is 11.5. The van der Waals surface area contributed by atoms with Crippen molar-refractivity contribution in [1.29, 1.82) is 0 Å². The minimum absolute atomic E-state index is 0.351. The molecule has 0 fully saturated rings. The summed E-state index contributed by atoms with van der Waals surface area (Å²) >= 11 is 1.85. The molecule has 102 valence electrons. The fourth-order valence-electron chi connectivity index (χ4n) is 1.51. The Morgan fingerprint density at radius 1 is 1.47 bits per heavy atom. The van der Waals surface area contributed by atoms with E-state index in [-0.39, 0.29) is 5.97 Å². The number of unbranched alkanes of at least 4 members (excludes halogenated alkanes) is 1. The Morgan fingerprint density at radius 2 is 2.06 bits per heavy atom. The van der Waals surface area contributed by atoms with Crippen LogP contribution in [-0.4, -0.2) is 35.3 Å². The third kappa shape index (κ3) is 5.77. The van der Waals surface area contributed by atoms with Gasteiger partial charge in [-0.1, -0.05) is 20.3 Å². The number of carbonyl (C=O) groups excluding carboxylic acids is 1. The van der Waals surface area contributed by atoms with Crippen LogP contribution in [0.15, 0.2) is 0 Å². The van der Waals surface area contributed by atoms with Gasteiger partial charge in [-0.15, -0.1) is 0 Å². The molecule has 1 N–H and O–H groups in total. The van der Waals surface area contributed by atoms with Gasteiger partial charge < -0.3 is 9.84 Å². The van der Waals surface area contributed by atoms with Crippen LogP contribution in [0.25, 0.3) is 0 Å². The van der Waals surface area contributed by atoms with E-state index in [1.54, 1.807) is 13.8 Å². The van der Waals surface area contributed by atoms with Crippen molar-refractivity contribution in [3.05, 3.63) is 0 Å². The summed E-state index contributed by atoms with van der Waals surface area (Å²) < 4.78 is 4.71. The van der Waals surface area contributed by atoms with Crippen LogP contribution in [0.5, 0.6) is 0 Å². The minimum atomic E-state index is -0.825.